The minimum absolute atomic E-state index is 0.853. The van der Waals surface area contributed by atoms with Gasteiger partial charge < -0.3 is 15.0 Å². The molecule has 20 heavy (non-hydrogen) atoms. The summed E-state index contributed by atoms with van der Waals surface area (Å²) in [5.41, 5.74) is 2.32. The first-order chi connectivity index (χ1) is 9.88. The highest BCUT2D eigenvalue weighted by atomic mass is 16.5. The Bertz CT molecular complexity index is 579. The van der Waals surface area contributed by atoms with Crippen LogP contribution in [-0.4, -0.2) is 49.7 Å². The van der Waals surface area contributed by atoms with Gasteiger partial charge in [0.15, 0.2) is 0 Å². The van der Waals surface area contributed by atoms with Gasteiger partial charge in [-0.2, -0.15) is 0 Å². The van der Waals surface area contributed by atoms with Crippen LogP contribution < -0.4 is 10.1 Å². The van der Waals surface area contributed by atoms with Crippen molar-refractivity contribution in [3.05, 3.63) is 36.0 Å². The number of hydrogen-bond donors (Lipinski definition) is 1. The van der Waals surface area contributed by atoms with Gasteiger partial charge in [-0.25, -0.2) is 0 Å². The van der Waals surface area contributed by atoms with Gasteiger partial charge in [0.25, 0.3) is 0 Å². The highest BCUT2D eigenvalue weighted by Gasteiger charge is 2.11. The van der Waals surface area contributed by atoms with E-state index in [1.54, 1.807) is 7.11 Å². The second kappa shape index (κ2) is 6.20. The summed E-state index contributed by atoms with van der Waals surface area (Å²) in [5, 5.41) is 4.60. The molecule has 1 aliphatic rings. The topological polar surface area (TPSA) is 37.4 Å². The molecule has 4 nitrogen and oxygen atoms in total. The third kappa shape index (κ3) is 2.76. The van der Waals surface area contributed by atoms with Crippen molar-refractivity contribution < 1.29 is 4.74 Å². The summed E-state index contributed by atoms with van der Waals surface area (Å²) < 4.78 is 5.40. The van der Waals surface area contributed by atoms with Crippen LogP contribution in [0.3, 0.4) is 0 Å². The molecule has 0 bridgehead atoms. The van der Waals surface area contributed by atoms with E-state index >= 15 is 0 Å². The van der Waals surface area contributed by atoms with Gasteiger partial charge in [0.05, 0.1) is 7.11 Å². The third-order valence-corrected chi connectivity index (χ3v) is 3.95. The maximum atomic E-state index is 5.40. The number of nitrogens with one attached hydrogen (secondary N) is 1. The highest BCUT2D eigenvalue weighted by Crippen LogP contribution is 2.26. The Kier molecular flexibility index (Phi) is 4.14. The Hall–Kier alpha value is -1.65. The minimum atomic E-state index is 0.853. The number of pyridine rings is 1. The number of benzene rings is 1. The number of aromatic nitrogens is 1. The van der Waals surface area contributed by atoms with Crippen molar-refractivity contribution in [1.82, 2.24) is 15.2 Å². The smallest absolute Gasteiger partial charge is 0.145 e. The van der Waals surface area contributed by atoms with E-state index in [9.17, 15) is 0 Å². The first kappa shape index (κ1) is 13.3. The van der Waals surface area contributed by atoms with Crippen LogP contribution in [0.2, 0.25) is 0 Å². The monoisotopic (exact) mass is 271 g/mol. The van der Waals surface area contributed by atoms with Crippen LogP contribution in [-0.2, 0) is 6.42 Å². The van der Waals surface area contributed by atoms with Crippen molar-refractivity contribution in [3.8, 4) is 5.75 Å². The number of rotatable bonds is 4. The van der Waals surface area contributed by atoms with E-state index in [-0.39, 0.29) is 0 Å². The fourth-order valence-corrected chi connectivity index (χ4v) is 2.80. The molecule has 0 saturated carbocycles. The molecule has 0 unspecified atom stereocenters. The van der Waals surface area contributed by atoms with Crippen LogP contribution in [0.15, 0.2) is 30.5 Å². The fraction of sp³-hybridized carbons (Fsp3) is 0.438. The van der Waals surface area contributed by atoms with Crippen LogP contribution in [0.5, 0.6) is 5.75 Å². The number of ether oxygens (including phenoxy) is 1. The largest absolute Gasteiger partial charge is 0.494 e. The lowest BCUT2D eigenvalue weighted by Gasteiger charge is -2.27. The average Bonchev–Trinajstić information content (AvgIpc) is 2.53. The van der Waals surface area contributed by atoms with Crippen molar-refractivity contribution in [3.63, 3.8) is 0 Å². The van der Waals surface area contributed by atoms with Crippen molar-refractivity contribution in [1.29, 1.82) is 0 Å². The second-order valence-corrected chi connectivity index (χ2v) is 5.17. The Morgan fingerprint density at radius 3 is 2.90 bits per heavy atom. The maximum absolute atomic E-state index is 5.40. The van der Waals surface area contributed by atoms with Gasteiger partial charge in [0.2, 0.25) is 0 Å². The van der Waals surface area contributed by atoms with E-state index in [2.05, 4.69) is 27.3 Å². The van der Waals surface area contributed by atoms with Gasteiger partial charge in [-0.3, -0.25) is 4.98 Å². The molecule has 0 atom stereocenters. The predicted molar refractivity (Wildman–Crippen MR) is 81.3 cm³/mol. The summed E-state index contributed by atoms with van der Waals surface area (Å²) in [6.07, 6.45) is 2.89. The molecule has 1 fully saturated rings. The maximum Gasteiger partial charge on any atom is 0.145 e. The Balaban J connectivity index is 1.80. The van der Waals surface area contributed by atoms with Crippen molar-refractivity contribution in [2.75, 3.05) is 39.8 Å². The quantitative estimate of drug-likeness (QED) is 0.918. The van der Waals surface area contributed by atoms with Crippen LogP contribution >= 0.6 is 0 Å². The van der Waals surface area contributed by atoms with Gasteiger partial charge >= 0.3 is 0 Å². The van der Waals surface area contributed by atoms with Crippen molar-refractivity contribution in [2.24, 2.45) is 0 Å². The summed E-state index contributed by atoms with van der Waals surface area (Å²) >= 11 is 0. The second-order valence-electron chi connectivity index (χ2n) is 5.17. The van der Waals surface area contributed by atoms with Crippen LogP contribution in [0.1, 0.15) is 5.56 Å². The van der Waals surface area contributed by atoms with E-state index in [1.807, 2.05) is 18.3 Å². The van der Waals surface area contributed by atoms with Crippen molar-refractivity contribution >= 4 is 10.9 Å². The average molecular weight is 271 g/mol. The molecular formula is C16H21N3O. The lowest BCUT2D eigenvalue weighted by atomic mass is 10.0. The van der Waals surface area contributed by atoms with E-state index in [4.69, 9.17) is 4.74 Å². The zero-order valence-electron chi connectivity index (χ0n) is 11.9. The lowest BCUT2D eigenvalue weighted by Crippen LogP contribution is -2.44. The molecule has 2 aromatic rings. The number of piperazine rings is 1. The van der Waals surface area contributed by atoms with Crippen LogP contribution in [0.25, 0.3) is 10.9 Å². The van der Waals surface area contributed by atoms with Gasteiger partial charge in [0.1, 0.15) is 11.3 Å². The van der Waals surface area contributed by atoms with E-state index < -0.39 is 0 Å². The standard InChI is InChI=1S/C16H21N3O/c1-20-15-5-4-13(14-3-2-7-18-16(14)15)6-10-19-11-8-17-9-12-19/h2-5,7,17H,6,8-12H2,1H3. The molecule has 4 heteroatoms. The fourth-order valence-electron chi connectivity index (χ4n) is 2.80. The Morgan fingerprint density at radius 2 is 2.10 bits per heavy atom. The summed E-state index contributed by atoms with van der Waals surface area (Å²) in [7, 11) is 1.70. The van der Waals surface area contributed by atoms with Crippen LogP contribution in [0, 0.1) is 0 Å². The molecule has 0 amide bonds. The Morgan fingerprint density at radius 1 is 1.25 bits per heavy atom. The molecular weight excluding hydrogens is 250 g/mol. The Labute approximate surface area is 119 Å². The summed E-state index contributed by atoms with van der Waals surface area (Å²) in [5.74, 6) is 0.853. The molecule has 1 aliphatic heterocycles. The van der Waals surface area contributed by atoms with E-state index in [0.29, 0.717) is 0 Å². The van der Waals surface area contributed by atoms with Crippen molar-refractivity contribution in [2.45, 2.75) is 6.42 Å². The number of nitrogens with zero attached hydrogens (tertiary/aromatic N) is 2. The van der Waals surface area contributed by atoms with Gasteiger partial charge in [-0.1, -0.05) is 12.1 Å². The SMILES string of the molecule is COc1ccc(CCN2CCNCC2)c2cccnc12. The molecule has 1 saturated heterocycles. The highest BCUT2D eigenvalue weighted by molar-refractivity contribution is 5.87. The van der Waals surface area contributed by atoms with E-state index in [0.717, 1.165) is 50.4 Å². The first-order valence-corrected chi connectivity index (χ1v) is 7.22. The lowest BCUT2D eigenvalue weighted by molar-refractivity contribution is 0.244. The third-order valence-electron chi connectivity index (χ3n) is 3.95. The molecule has 1 aromatic carbocycles. The first-order valence-electron chi connectivity index (χ1n) is 7.22. The normalized spacial score (nSPS) is 16.4. The molecule has 106 valence electrons. The molecule has 1 aromatic heterocycles. The number of hydrogen-bond acceptors (Lipinski definition) is 4. The zero-order chi connectivity index (χ0) is 13.8. The van der Waals surface area contributed by atoms with Gasteiger partial charge in [0, 0.05) is 44.3 Å². The zero-order valence-corrected chi connectivity index (χ0v) is 11.9. The molecule has 2 heterocycles. The minimum Gasteiger partial charge on any atom is -0.494 e. The summed E-state index contributed by atoms with van der Waals surface area (Å²) in [4.78, 5) is 6.98. The molecule has 0 spiro atoms. The summed E-state index contributed by atoms with van der Waals surface area (Å²) in [6, 6.07) is 8.33. The van der Waals surface area contributed by atoms with Gasteiger partial charge in [-0.15, -0.1) is 0 Å². The van der Waals surface area contributed by atoms with E-state index in [1.165, 1.54) is 10.9 Å². The molecule has 0 aliphatic carbocycles. The molecule has 0 radical (unpaired) electrons. The van der Waals surface area contributed by atoms with Gasteiger partial charge in [-0.05, 0) is 24.1 Å². The molecule has 1 N–H and O–H groups in total. The summed E-state index contributed by atoms with van der Waals surface area (Å²) in [6.45, 7) is 5.60. The number of fused-ring (bicyclic) bond motifs is 1. The predicted octanol–water partition coefficient (Wildman–Crippen LogP) is 1.69. The molecule has 3 rings (SSSR count). The number of methoxy groups -OCH3 is 1. The van der Waals surface area contributed by atoms with Crippen LogP contribution in [0.4, 0.5) is 0 Å².